The first-order valence-corrected chi connectivity index (χ1v) is 33.4. The molecule has 548 valence electrons. The van der Waals surface area contributed by atoms with Gasteiger partial charge in [0.2, 0.25) is 6.79 Å². The van der Waals surface area contributed by atoms with Crippen molar-refractivity contribution in [1.82, 2.24) is 0 Å². The van der Waals surface area contributed by atoms with Gasteiger partial charge in [0, 0.05) is 11.3 Å². The van der Waals surface area contributed by atoms with Crippen LogP contribution in [-0.2, 0) is 66.7 Å². The Balaban J connectivity index is 0. The van der Waals surface area contributed by atoms with E-state index >= 15 is 0 Å². The maximum atomic E-state index is 12.8. The number of fused-ring (bicyclic) bond motifs is 1. The number of hydrogen-bond donors (Lipinski definition) is 1. The molecule has 13 fully saturated rings. The fraction of sp³-hybridized carbons (Fsp3) is 0.909. The number of carbonyl (C=O) groups is 7. The van der Waals surface area contributed by atoms with Crippen LogP contribution in [0.1, 0.15) is 317 Å². The number of carbonyl (C=O) groups excluding carboxylic acids is 7. The van der Waals surface area contributed by atoms with Gasteiger partial charge in [0.05, 0.1) is 33.2 Å². The Morgan fingerprint density at radius 2 is 0.989 bits per heavy atom. The minimum atomic E-state index is -0.815. The molecule has 1 N–H and O–H groups in total. The third-order valence-electron chi connectivity index (χ3n) is 23.2. The molecule has 7 atom stereocenters. The molecule has 93 heavy (non-hydrogen) atoms. The van der Waals surface area contributed by atoms with E-state index in [1.165, 1.54) is 51.4 Å². The molecule has 11 saturated carbocycles. The summed E-state index contributed by atoms with van der Waals surface area (Å²) in [6.07, 6.45) is 22.6. The number of aliphatic hydroxyl groups is 1. The van der Waals surface area contributed by atoms with Crippen LogP contribution in [0.25, 0.3) is 0 Å². The molecular formula is C77H144O16. The second-order valence-corrected chi connectivity index (χ2v) is 31.5. The molecule has 0 amide bonds. The average Bonchev–Trinajstić information content (AvgIpc) is 1.30. The fourth-order valence-electron chi connectivity index (χ4n) is 17.0. The van der Waals surface area contributed by atoms with E-state index in [4.69, 9.17) is 37.9 Å². The highest BCUT2D eigenvalue weighted by Gasteiger charge is 2.62. The molecule has 2 saturated heterocycles. The van der Waals surface area contributed by atoms with E-state index in [1.54, 1.807) is 27.7 Å². The minimum absolute atomic E-state index is 0. The van der Waals surface area contributed by atoms with Crippen LogP contribution in [0.15, 0.2) is 0 Å². The predicted octanol–water partition coefficient (Wildman–Crippen LogP) is 19.2. The first-order valence-electron chi connectivity index (χ1n) is 33.4. The van der Waals surface area contributed by atoms with Gasteiger partial charge >= 0.3 is 42.0 Å². The molecule has 12 bridgehead atoms. The van der Waals surface area contributed by atoms with Crippen LogP contribution >= 0.6 is 0 Å². The molecular weight excluding hydrogens is 1180 g/mol. The molecule has 11 aliphatic carbocycles. The molecule has 0 spiro atoms. The Labute approximate surface area is 568 Å². The van der Waals surface area contributed by atoms with Gasteiger partial charge in [-0.05, 0) is 257 Å². The number of hydrogen-bond acceptors (Lipinski definition) is 16. The normalized spacial score (nSPS) is 31.3. The third-order valence-corrected chi connectivity index (χ3v) is 23.2. The summed E-state index contributed by atoms with van der Waals surface area (Å²) in [5.41, 5.74) is -2.88. The molecule has 0 aromatic carbocycles. The molecule has 13 rings (SSSR count). The first-order chi connectivity index (χ1) is 39.7. The summed E-state index contributed by atoms with van der Waals surface area (Å²) in [7, 11) is 0. The van der Waals surface area contributed by atoms with Gasteiger partial charge in [-0.15, -0.1) is 0 Å². The maximum Gasteiger partial charge on any atom is 0.511 e. The van der Waals surface area contributed by atoms with Gasteiger partial charge in [0.25, 0.3) is 0 Å². The van der Waals surface area contributed by atoms with Crippen molar-refractivity contribution < 1.29 is 76.6 Å². The molecule has 16 heteroatoms. The lowest BCUT2D eigenvalue weighted by atomic mass is 9.47. The molecule has 16 nitrogen and oxygen atoms in total. The van der Waals surface area contributed by atoms with Crippen molar-refractivity contribution >= 4 is 42.0 Å². The van der Waals surface area contributed by atoms with Gasteiger partial charge in [0.1, 0.15) is 30.0 Å². The van der Waals surface area contributed by atoms with Crippen molar-refractivity contribution in [2.75, 3.05) is 20.0 Å². The van der Waals surface area contributed by atoms with Crippen LogP contribution < -0.4 is 0 Å². The third kappa shape index (κ3) is 21.3. The Morgan fingerprint density at radius 3 is 1.45 bits per heavy atom. The molecule has 0 aromatic heterocycles. The molecule has 0 radical (unpaired) electrons. The van der Waals surface area contributed by atoms with Crippen LogP contribution in [0.5, 0.6) is 0 Å². The van der Waals surface area contributed by atoms with Crippen LogP contribution in [0.2, 0.25) is 0 Å². The van der Waals surface area contributed by atoms with Crippen molar-refractivity contribution in [3.8, 4) is 0 Å². The van der Waals surface area contributed by atoms with Gasteiger partial charge in [0.15, 0.2) is 6.61 Å². The summed E-state index contributed by atoms with van der Waals surface area (Å²) in [4.78, 5) is 84.5. The monoisotopic (exact) mass is 1330 g/mol. The Kier molecular flexibility index (Phi) is 35.3. The highest BCUT2D eigenvalue weighted by molar-refractivity contribution is 5.80. The molecule has 13 aliphatic rings. The van der Waals surface area contributed by atoms with E-state index in [1.807, 2.05) is 48.5 Å². The minimum Gasteiger partial charge on any atom is -0.459 e. The van der Waals surface area contributed by atoms with Crippen molar-refractivity contribution in [2.45, 2.75) is 346 Å². The van der Waals surface area contributed by atoms with E-state index in [-0.39, 0.29) is 136 Å². The highest BCUT2D eigenvalue weighted by atomic mass is 16.8. The van der Waals surface area contributed by atoms with Crippen molar-refractivity contribution in [3.63, 3.8) is 0 Å². The summed E-state index contributed by atoms with van der Waals surface area (Å²) in [6.45, 7) is 29.1. The molecule has 7 unspecified atom stereocenters. The largest absolute Gasteiger partial charge is 0.511 e. The Morgan fingerprint density at radius 1 is 0.538 bits per heavy atom. The summed E-state index contributed by atoms with van der Waals surface area (Å²) in [6, 6.07) is 0. The van der Waals surface area contributed by atoms with Crippen molar-refractivity contribution in [2.24, 2.45) is 86.3 Å². The number of rotatable bonds is 19. The number of ether oxygens (including phenoxy) is 8. The van der Waals surface area contributed by atoms with Crippen molar-refractivity contribution in [3.05, 3.63) is 0 Å². The number of esters is 6. The smallest absolute Gasteiger partial charge is 0.459 e. The van der Waals surface area contributed by atoms with Crippen LogP contribution in [-0.4, -0.2) is 96.1 Å². The van der Waals surface area contributed by atoms with Crippen LogP contribution in [0, 0.1) is 86.3 Å². The zero-order valence-electron chi connectivity index (χ0n) is 55.1. The lowest BCUT2D eigenvalue weighted by Crippen LogP contribution is -2.63. The first kappa shape index (κ1) is 91.1. The maximum absolute atomic E-state index is 12.8. The Bertz CT molecular complexity index is 2320. The van der Waals surface area contributed by atoms with Crippen LogP contribution in [0.3, 0.4) is 0 Å². The van der Waals surface area contributed by atoms with Gasteiger partial charge in [-0.3, -0.25) is 24.0 Å². The molecule has 2 heterocycles. The second-order valence-electron chi connectivity index (χ2n) is 31.5. The standard InChI is InChI=1S/C19H30O6.C19H32O2.C18H26O6.C13H24O2.8CH4/c1-4-17(2,3)15(20)24-12-25-16(21)23-11-18-6-13-5-14(7-18)9-19(22,8-13)10-18;1-6-18(4,5)17(20)21-19(12(2)3)15-8-13-7-14(10-15)11-16(19)9-13;1-4-18(2,3)17(21)22-9-14(19)24-15-11-5-10-6-12(8-11)16(20)23-13(15)7-10;1-5-12(3,4)11(14)15-13(6-2)9-7-8-10-13;;;;;;;;/h13-14,22H,4-12H2,1-3H3;12-16H,6-11H2,1-5H3;10-13,15H,4-9H2,1-3H3;5-10H2,1-4H3;8*1H4. The van der Waals surface area contributed by atoms with E-state index < -0.39 is 53.4 Å². The van der Waals surface area contributed by atoms with E-state index in [9.17, 15) is 38.7 Å². The second kappa shape index (κ2) is 36.0. The predicted molar refractivity (Wildman–Crippen MR) is 374 cm³/mol. The fourth-order valence-corrected chi connectivity index (χ4v) is 17.0. The lowest BCUT2D eigenvalue weighted by Gasteiger charge is -2.62. The van der Waals surface area contributed by atoms with Gasteiger partial charge in [-0.1, -0.05) is 108 Å². The van der Waals surface area contributed by atoms with E-state index in [0.29, 0.717) is 54.8 Å². The quantitative estimate of drug-likeness (QED) is 0.0723. The average molecular weight is 1330 g/mol. The topological polar surface area (TPSA) is 214 Å². The molecule has 2 aliphatic heterocycles. The summed E-state index contributed by atoms with van der Waals surface area (Å²) in [5, 5.41) is 10.7. The summed E-state index contributed by atoms with van der Waals surface area (Å²) in [5.74, 6) is 3.69. The summed E-state index contributed by atoms with van der Waals surface area (Å²) < 4.78 is 43.5. The zero-order chi connectivity index (χ0) is 62.7. The van der Waals surface area contributed by atoms with E-state index in [2.05, 4.69) is 27.7 Å². The van der Waals surface area contributed by atoms with Gasteiger partial charge in [-0.2, -0.15) is 0 Å². The lowest BCUT2D eigenvalue weighted by molar-refractivity contribution is -0.231. The van der Waals surface area contributed by atoms with Crippen LogP contribution in [0.4, 0.5) is 4.79 Å². The van der Waals surface area contributed by atoms with E-state index in [0.717, 1.165) is 95.3 Å². The van der Waals surface area contributed by atoms with Gasteiger partial charge < -0.3 is 43.0 Å². The summed E-state index contributed by atoms with van der Waals surface area (Å²) >= 11 is 0. The highest BCUT2D eigenvalue weighted by Crippen LogP contribution is 2.63. The van der Waals surface area contributed by atoms with Gasteiger partial charge in [-0.25, -0.2) is 9.59 Å². The van der Waals surface area contributed by atoms with Crippen molar-refractivity contribution in [1.29, 1.82) is 0 Å². The Hall–Kier alpha value is -3.95. The molecule has 0 aromatic rings. The SMILES string of the molecule is C.C.C.C.C.C.C.C.CCC(C)(C)C(=O)OC1(C(C)C)C2CC3CC(C2)CC1C3.CCC(C)(C)C(=O)OCC(=O)OC1C2CC3CC(C2)C(=O)OC1C3.CCC(C)(C)C(=O)OCOC(=O)OCC12CC3CC(CC(O)(C3)C1)C2.CCC1(OC(=O)C(C)(C)CC)CCCC1. The zero-order valence-corrected chi connectivity index (χ0v) is 55.1.